The van der Waals surface area contributed by atoms with Crippen molar-refractivity contribution in [2.75, 3.05) is 26.0 Å². The molecule has 0 aliphatic rings. The minimum Gasteiger partial charge on any atom is -0.327 e. The molecule has 5 heteroatoms. The number of nitrogens with zero attached hydrogens (tertiary/aromatic N) is 3. The molecule has 0 fully saturated rings. The van der Waals surface area contributed by atoms with Gasteiger partial charge in [0.1, 0.15) is 0 Å². The number of hydrogen-bond acceptors (Lipinski definition) is 5. The average molecular weight is 347 g/mol. The Bertz CT molecular complexity index is 913. The molecule has 0 saturated heterocycles. The number of hydrogen-bond donors (Lipinski definition) is 2. The van der Waals surface area contributed by atoms with Crippen LogP contribution in [0.25, 0.3) is 17.0 Å². The molecule has 134 valence electrons. The van der Waals surface area contributed by atoms with Crippen molar-refractivity contribution in [1.29, 1.82) is 0 Å². The quantitative estimate of drug-likeness (QED) is 0.710. The maximum atomic E-state index is 5.65. The first-order valence-corrected chi connectivity index (χ1v) is 8.68. The second kappa shape index (κ2) is 8.08. The summed E-state index contributed by atoms with van der Waals surface area (Å²) in [4.78, 5) is 11.2. The molecule has 1 aromatic heterocycles. The van der Waals surface area contributed by atoms with Crippen molar-refractivity contribution in [3.8, 4) is 0 Å². The zero-order valence-electron chi connectivity index (χ0n) is 15.5. The summed E-state index contributed by atoms with van der Waals surface area (Å²) in [6, 6.07) is 14.5. The van der Waals surface area contributed by atoms with Gasteiger partial charge in [0.25, 0.3) is 0 Å². The molecule has 3 aromatic rings. The van der Waals surface area contributed by atoms with E-state index < -0.39 is 0 Å². The second-order valence-corrected chi connectivity index (χ2v) is 6.77. The summed E-state index contributed by atoms with van der Waals surface area (Å²) in [5, 5.41) is 4.28. The predicted octanol–water partition coefficient (Wildman–Crippen LogP) is 3.80. The highest BCUT2D eigenvalue weighted by molar-refractivity contribution is 5.82. The molecule has 26 heavy (non-hydrogen) atoms. The van der Waals surface area contributed by atoms with Gasteiger partial charge < -0.3 is 16.0 Å². The van der Waals surface area contributed by atoms with Crippen LogP contribution in [0.4, 0.5) is 11.6 Å². The molecule has 1 heterocycles. The lowest BCUT2D eigenvalue weighted by atomic mass is 10.1. The molecule has 0 atom stereocenters. The van der Waals surface area contributed by atoms with E-state index in [2.05, 4.69) is 70.7 Å². The van der Waals surface area contributed by atoms with Crippen molar-refractivity contribution < 1.29 is 0 Å². The summed E-state index contributed by atoms with van der Waals surface area (Å²) in [6.07, 6.45) is 3.93. The second-order valence-electron chi connectivity index (χ2n) is 6.77. The smallest absolute Gasteiger partial charge is 0.227 e. The van der Waals surface area contributed by atoms with Crippen LogP contribution in [-0.2, 0) is 6.54 Å². The van der Waals surface area contributed by atoms with E-state index in [-0.39, 0.29) is 0 Å². The molecular formula is C21H25N5. The van der Waals surface area contributed by atoms with Crippen LogP contribution in [-0.4, -0.2) is 35.5 Å². The average Bonchev–Trinajstić information content (AvgIpc) is 2.63. The van der Waals surface area contributed by atoms with Crippen LogP contribution in [0, 0.1) is 0 Å². The van der Waals surface area contributed by atoms with Gasteiger partial charge in [-0.05, 0) is 56.4 Å². The topological polar surface area (TPSA) is 67.1 Å². The Morgan fingerprint density at radius 1 is 1.15 bits per heavy atom. The highest BCUT2D eigenvalue weighted by Gasteiger charge is 2.03. The molecule has 0 aliphatic heterocycles. The minimum atomic E-state index is 0.560. The van der Waals surface area contributed by atoms with E-state index in [0.717, 1.165) is 34.3 Å². The molecule has 0 aliphatic carbocycles. The summed E-state index contributed by atoms with van der Waals surface area (Å²) in [5.41, 5.74) is 11.1. The summed E-state index contributed by atoms with van der Waals surface area (Å²) >= 11 is 0. The van der Waals surface area contributed by atoms with Gasteiger partial charge in [0.2, 0.25) is 5.95 Å². The minimum absolute atomic E-state index is 0.560. The fourth-order valence-electron chi connectivity index (χ4n) is 2.73. The van der Waals surface area contributed by atoms with Crippen LogP contribution in [0.1, 0.15) is 18.1 Å². The number of anilines is 2. The zero-order chi connectivity index (χ0) is 18.5. The summed E-state index contributed by atoms with van der Waals surface area (Å²) < 4.78 is 0. The SMILES string of the molecule is CC(=Cc1ccc2nc(Nc3ccc(CN(C)C)cc3)ncc2c1)CN. The van der Waals surface area contributed by atoms with Gasteiger partial charge in [0.05, 0.1) is 5.52 Å². The van der Waals surface area contributed by atoms with Crippen molar-refractivity contribution in [2.24, 2.45) is 5.73 Å². The molecule has 0 amide bonds. The number of fused-ring (bicyclic) bond motifs is 1. The third-order valence-electron chi connectivity index (χ3n) is 4.05. The van der Waals surface area contributed by atoms with Crippen molar-refractivity contribution in [1.82, 2.24) is 14.9 Å². The Balaban J connectivity index is 1.77. The van der Waals surface area contributed by atoms with Gasteiger partial charge in [-0.2, -0.15) is 0 Å². The first-order valence-electron chi connectivity index (χ1n) is 8.68. The Morgan fingerprint density at radius 2 is 1.92 bits per heavy atom. The van der Waals surface area contributed by atoms with E-state index in [1.807, 2.05) is 25.3 Å². The number of rotatable bonds is 6. The largest absolute Gasteiger partial charge is 0.327 e. The van der Waals surface area contributed by atoms with Crippen molar-refractivity contribution in [3.05, 3.63) is 65.4 Å². The highest BCUT2D eigenvalue weighted by atomic mass is 15.1. The molecule has 0 bridgehead atoms. The van der Waals surface area contributed by atoms with Gasteiger partial charge in [-0.1, -0.05) is 29.8 Å². The van der Waals surface area contributed by atoms with Crippen LogP contribution < -0.4 is 11.1 Å². The maximum Gasteiger partial charge on any atom is 0.227 e. The van der Waals surface area contributed by atoms with E-state index in [0.29, 0.717) is 12.5 Å². The molecular weight excluding hydrogens is 322 g/mol. The van der Waals surface area contributed by atoms with Crippen molar-refractivity contribution >= 4 is 28.6 Å². The Hall–Kier alpha value is -2.76. The van der Waals surface area contributed by atoms with Crippen molar-refractivity contribution in [2.45, 2.75) is 13.5 Å². The van der Waals surface area contributed by atoms with Gasteiger partial charge in [-0.25, -0.2) is 9.97 Å². The first kappa shape index (κ1) is 18.0. The molecule has 0 saturated carbocycles. The van der Waals surface area contributed by atoms with Crippen LogP contribution >= 0.6 is 0 Å². The van der Waals surface area contributed by atoms with Crippen molar-refractivity contribution in [3.63, 3.8) is 0 Å². The highest BCUT2D eigenvalue weighted by Crippen LogP contribution is 2.19. The lowest BCUT2D eigenvalue weighted by molar-refractivity contribution is 0.402. The summed E-state index contributed by atoms with van der Waals surface area (Å²) in [7, 11) is 4.13. The number of aromatic nitrogens is 2. The molecule has 3 rings (SSSR count). The van der Waals surface area contributed by atoms with Gasteiger partial charge in [-0.3, -0.25) is 0 Å². The van der Waals surface area contributed by atoms with Gasteiger partial charge in [-0.15, -0.1) is 0 Å². The van der Waals surface area contributed by atoms with Crippen LogP contribution in [0.2, 0.25) is 0 Å². The van der Waals surface area contributed by atoms with E-state index in [1.54, 1.807) is 0 Å². The van der Waals surface area contributed by atoms with Gasteiger partial charge in [0.15, 0.2) is 0 Å². The summed E-state index contributed by atoms with van der Waals surface area (Å²) in [6.45, 7) is 3.51. The number of nitrogens with two attached hydrogens (primary N) is 1. The van der Waals surface area contributed by atoms with Crippen LogP contribution in [0.3, 0.4) is 0 Å². The van der Waals surface area contributed by atoms with Crippen LogP contribution in [0.15, 0.2) is 54.2 Å². The maximum absolute atomic E-state index is 5.65. The first-order chi connectivity index (χ1) is 12.5. The van der Waals surface area contributed by atoms with E-state index >= 15 is 0 Å². The zero-order valence-corrected chi connectivity index (χ0v) is 15.5. The van der Waals surface area contributed by atoms with Gasteiger partial charge >= 0.3 is 0 Å². The van der Waals surface area contributed by atoms with Gasteiger partial charge in [0, 0.05) is 30.4 Å². The standard InChI is InChI=1S/C21H25N5/c1-15(12-22)10-17-6-9-20-18(11-17)13-23-21(25-20)24-19-7-4-16(5-8-19)14-26(2)3/h4-11,13H,12,14,22H2,1-3H3,(H,23,24,25). The Kier molecular flexibility index (Phi) is 5.61. The van der Waals surface area contributed by atoms with E-state index in [1.165, 1.54) is 5.56 Å². The normalized spacial score (nSPS) is 12.0. The molecule has 0 radical (unpaired) electrons. The molecule has 0 spiro atoms. The lowest BCUT2D eigenvalue weighted by Crippen LogP contribution is -2.10. The molecule has 3 N–H and O–H groups in total. The number of benzene rings is 2. The van der Waals surface area contributed by atoms with E-state index in [4.69, 9.17) is 5.73 Å². The third kappa shape index (κ3) is 4.65. The predicted molar refractivity (Wildman–Crippen MR) is 109 cm³/mol. The molecule has 5 nitrogen and oxygen atoms in total. The van der Waals surface area contributed by atoms with Crippen LogP contribution in [0.5, 0.6) is 0 Å². The fourth-order valence-corrected chi connectivity index (χ4v) is 2.73. The number of nitrogens with one attached hydrogen (secondary N) is 1. The molecule has 0 unspecified atom stereocenters. The lowest BCUT2D eigenvalue weighted by Gasteiger charge is -2.11. The Morgan fingerprint density at radius 3 is 2.62 bits per heavy atom. The third-order valence-corrected chi connectivity index (χ3v) is 4.05. The monoisotopic (exact) mass is 347 g/mol. The molecule has 2 aromatic carbocycles. The Labute approximate surface area is 154 Å². The fraction of sp³-hybridized carbons (Fsp3) is 0.238. The summed E-state index contributed by atoms with van der Waals surface area (Å²) in [5.74, 6) is 0.597. The van der Waals surface area contributed by atoms with E-state index in [9.17, 15) is 0 Å².